The lowest BCUT2D eigenvalue weighted by Crippen LogP contribution is -2.25. The van der Waals surface area contributed by atoms with Gasteiger partial charge in [0, 0.05) is 13.1 Å². The predicted octanol–water partition coefficient (Wildman–Crippen LogP) is 4.84. The van der Waals surface area contributed by atoms with Crippen molar-refractivity contribution in [1.29, 1.82) is 0 Å². The molecule has 2 aromatic carbocycles. The van der Waals surface area contributed by atoms with E-state index in [1.165, 1.54) is 29.2 Å². The Morgan fingerprint density at radius 3 is 2.33 bits per heavy atom. The Hall–Kier alpha value is -1.86. The van der Waals surface area contributed by atoms with Gasteiger partial charge in [-0.15, -0.1) is 13.2 Å². The van der Waals surface area contributed by atoms with Gasteiger partial charge >= 0.3 is 0 Å². The maximum absolute atomic E-state index is 3.82. The minimum Gasteiger partial charge on any atom is -0.296 e. The second-order valence-corrected chi connectivity index (χ2v) is 5.43. The molecule has 110 valence electrons. The lowest BCUT2D eigenvalue weighted by atomic mass is 10.0. The van der Waals surface area contributed by atoms with Crippen LogP contribution in [0.25, 0.3) is 10.8 Å². The lowest BCUT2D eigenvalue weighted by Gasteiger charge is -2.18. The van der Waals surface area contributed by atoms with Gasteiger partial charge in [-0.3, -0.25) is 4.90 Å². The summed E-state index contributed by atoms with van der Waals surface area (Å²) in [6.07, 6.45) is 7.52. The largest absolute Gasteiger partial charge is 0.296 e. The molecule has 0 N–H and O–H groups in total. The summed E-state index contributed by atoms with van der Waals surface area (Å²) in [5.74, 6) is 0. The highest BCUT2D eigenvalue weighted by atomic mass is 15.1. The van der Waals surface area contributed by atoms with Crippen molar-refractivity contribution < 1.29 is 0 Å². The molecule has 0 fully saturated rings. The zero-order chi connectivity index (χ0) is 14.9. The van der Waals surface area contributed by atoms with Crippen LogP contribution in [-0.4, -0.2) is 24.5 Å². The van der Waals surface area contributed by atoms with E-state index in [0.29, 0.717) is 0 Å². The fourth-order valence-corrected chi connectivity index (χ4v) is 2.78. The quantitative estimate of drug-likeness (QED) is 0.469. The first-order valence-corrected chi connectivity index (χ1v) is 7.76. The summed E-state index contributed by atoms with van der Waals surface area (Å²) in [5, 5.41) is 2.74. The highest BCUT2D eigenvalue weighted by molar-refractivity contribution is 5.85. The second kappa shape index (κ2) is 8.43. The SMILES string of the molecule is C=CCN(CC=C)CCCCc1cccc2ccccc12. The van der Waals surface area contributed by atoms with Gasteiger partial charge in [0.15, 0.2) is 0 Å². The average molecular weight is 279 g/mol. The smallest absolute Gasteiger partial charge is 0.0163 e. The van der Waals surface area contributed by atoms with Crippen LogP contribution >= 0.6 is 0 Å². The number of benzene rings is 2. The summed E-state index contributed by atoms with van der Waals surface area (Å²) in [5.41, 5.74) is 1.46. The zero-order valence-electron chi connectivity index (χ0n) is 12.8. The molecule has 0 aliphatic heterocycles. The van der Waals surface area contributed by atoms with Crippen LogP contribution in [0.15, 0.2) is 67.8 Å². The molecule has 21 heavy (non-hydrogen) atoms. The molecule has 1 nitrogen and oxygen atoms in total. The Bertz CT molecular complexity index is 570. The van der Waals surface area contributed by atoms with E-state index in [9.17, 15) is 0 Å². The minimum absolute atomic E-state index is 0.945. The van der Waals surface area contributed by atoms with Crippen LogP contribution in [0.3, 0.4) is 0 Å². The van der Waals surface area contributed by atoms with Crippen LogP contribution < -0.4 is 0 Å². The van der Waals surface area contributed by atoms with Crippen molar-refractivity contribution in [3.63, 3.8) is 0 Å². The molecule has 1 heteroatoms. The summed E-state index contributed by atoms with van der Waals surface area (Å²) in [7, 11) is 0. The average Bonchev–Trinajstić information content (AvgIpc) is 2.52. The minimum atomic E-state index is 0.945. The normalized spacial score (nSPS) is 10.9. The van der Waals surface area contributed by atoms with E-state index in [-0.39, 0.29) is 0 Å². The van der Waals surface area contributed by atoms with Crippen molar-refractivity contribution in [3.8, 4) is 0 Å². The monoisotopic (exact) mass is 279 g/mol. The molecule has 0 saturated heterocycles. The molecule has 0 radical (unpaired) electrons. The van der Waals surface area contributed by atoms with E-state index in [0.717, 1.165) is 26.1 Å². The fraction of sp³-hybridized carbons (Fsp3) is 0.300. The molecular formula is C20H25N. The van der Waals surface area contributed by atoms with Crippen LogP contribution in [0.1, 0.15) is 18.4 Å². The number of rotatable bonds is 9. The second-order valence-electron chi connectivity index (χ2n) is 5.43. The van der Waals surface area contributed by atoms with Crippen molar-refractivity contribution in [2.45, 2.75) is 19.3 Å². The molecule has 0 amide bonds. The van der Waals surface area contributed by atoms with E-state index >= 15 is 0 Å². The molecule has 0 spiro atoms. The number of hydrogen-bond acceptors (Lipinski definition) is 1. The molecule has 2 aromatic rings. The third-order valence-electron chi connectivity index (χ3n) is 3.82. The van der Waals surface area contributed by atoms with Crippen molar-refractivity contribution in [2.24, 2.45) is 0 Å². The van der Waals surface area contributed by atoms with Crippen LogP contribution in [0.5, 0.6) is 0 Å². The third kappa shape index (κ3) is 4.57. The van der Waals surface area contributed by atoms with Gasteiger partial charge in [-0.05, 0) is 42.1 Å². The molecule has 0 atom stereocenters. The van der Waals surface area contributed by atoms with Crippen LogP contribution in [0, 0.1) is 0 Å². The van der Waals surface area contributed by atoms with E-state index < -0.39 is 0 Å². The van der Waals surface area contributed by atoms with Crippen molar-refractivity contribution in [3.05, 3.63) is 73.3 Å². The van der Waals surface area contributed by atoms with Crippen LogP contribution in [0.4, 0.5) is 0 Å². The molecule has 0 aliphatic carbocycles. The summed E-state index contributed by atoms with van der Waals surface area (Å²) >= 11 is 0. The highest BCUT2D eigenvalue weighted by Crippen LogP contribution is 2.20. The summed E-state index contributed by atoms with van der Waals surface area (Å²) in [6.45, 7) is 10.6. The molecule has 0 saturated carbocycles. The van der Waals surface area contributed by atoms with Gasteiger partial charge in [0.25, 0.3) is 0 Å². The van der Waals surface area contributed by atoms with Crippen molar-refractivity contribution >= 4 is 10.8 Å². The van der Waals surface area contributed by atoms with Crippen LogP contribution in [0.2, 0.25) is 0 Å². The van der Waals surface area contributed by atoms with E-state index in [1.807, 2.05) is 12.2 Å². The maximum Gasteiger partial charge on any atom is 0.0163 e. The van der Waals surface area contributed by atoms with Gasteiger partial charge in [0.1, 0.15) is 0 Å². The molecule has 0 heterocycles. The summed E-state index contributed by atoms with van der Waals surface area (Å²) < 4.78 is 0. The zero-order valence-corrected chi connectivity index (χ0v) is 12.8. The standard InChI is InChI=1S/C20H25N/c1-3-15-21(16-4-2)17-8-7-11-19-13-9-12-18-10-5-6-14-20(18)19/h3-6,9-10,12-14H,1-2,7-8,11,15-17H2. The number of fused-ring (bicyclic) bond motifs is 1. The highest BCUT2D eigenvalue weighted by Gasteiger charge is 2.02. The van der Waals surface area contributed by atoms with Crippen molar-refractivity contribution in [1.82, 2.24) is 4.90 Å². The Balaban J connectivity index is 1.87. The van der Waals surface area contributed by atoms with E-state index in [4.69, 9.17) is 0 Å². The van der Waals surface area contributed by atoms with E-state index in [1.54, 1.807) is 0 Å². The van der Waals surface area contributed by atoms with Crippen molar-refractivity contribution in [2.75, 3.05) is 19.6 Å². The van der Waals surface area contributed by atoms with Gasteiger partial charge in [0.05, 0.1) is 0 Å². The summed E-state index contributed by atoms with van der Waals surface area (Å²) in [6, 6.07) is 15.3. The molecular weight excluding hydrogens is 254 g/mol. The van der Waals surface area contributed by atoms with Gasteiger partial charge in [0.2, 0.25) is 0 Å². The van der Waals surface area contributed by atoms with Crippen LogP contribution in [-0.2, 0) is 6.42 Å². The first kappa shape index (κ1) is 15.5. The maximum atomic E-state index is 3.82. The lowest BCUT2D eigenvalue weighted by molar-refractivity contribution is 0.327. The molecule has 0 bridgehead atoms. The topological polar surface area (TPSA) is 3.24 Å². The van der Waals surface area contributed by atoms with Gasteiger partial charge in [-0.25, -0.2) is 0 Å². The molecule has 0 aliphatic rings. The Morgan fingerprint density at radius 2 is 1.57 bits per heavy atom. The number of unbranched alkanes of at least 4 members (excludes halogenated alkanes) is 1. The van der Waals surface area contributed by atoms with Gasteiger partial charge in [-0.2, -0.15) is 0 Å². The fourth-order valence-electron chi connectivity index (χ4n) is 2.78. The number of aryl methyl sites for hydroxylation is 1. The Kier molecular flexibility index (Phi) is 6.23. The van der Waals surface area contributed by atoms with Gasteiger partial charge < -0.3 is 0 Å². The molecule has 2 rings (SSSR count). The molecule has 0 aromatic heterocycles. The third-order valence-corrected chi connectivity index (χ3v) is 3.82. The predicted molar refractivity (Wildman–Crippen MR) is 93.7 cm³/mol. The summed E-state index contributed by atoms with van der Waals surface area (Å²) in [4.78, 5) is 2.38. The first-order chi connectivity index (χ1) is 10.3. The number of hydrogen-bond donors (Lipinski definition) is 0. The number of nitrogens with zero attached hydrogens (tertiary/aromatic N) is 1. The van der Waals surface area contributed by atoms with E-state index in [2.05, 4.69) is 60.5 Å². The Morgan fingerprint density at radius 1 is 0.857 bits per heavy atom. The Labute approximate surface area is 128 Å². The van der Waals surface area contributed by atoms with Gasteiger partial charge in [-0.1, -0.05) is 54.6 Å². The molecule has 0 unspecified atom stereocenters. The first-order valence-electron chi connectivity index (χ1n) is 7.76.